The van der Waals surface area contributed by atoms with Gasteiger partial charge in [-0.15, -0.1) is 11.8 Å². The fraction of sp³-hybridized carbons (Fsp3) is 0.538. The van der Waals surface area contributed by atoms with Gasteiger partial charge in [0, 0.05) is 28.3 Å². The third kappa shape index (κ3) is 2.44. The molecule has 0 N–H and O–H groups in total. The summed E-state index contributed by atoms with van der Waals surface area (Å²) in [5.41, 5.74) is 0.446. The number of hydrogen-bond acceptors (Lipinski definition) is 5. The zero-order valence-electron chi connectivity index (χ0n) is 11.9. The van der Waals surface area contributed by atoms with E-state index in [1.165, 1.54) is 11.8 Å². The maximum Gasteiger partial charge on any atom is 0.497 e. The Morgan fingerprint density at radius 3 is 2.26 bits per heavy atom. The smallest absolute Gasteiger partial charge is 0.399 e. The molecular formula is C13H18BNO3S. The normalized spacial score (nSPS) is 20.6. The summed E-state index contributed by atoms with van der Waals surface area (Å²) in [6, 6.07) is 0. The first-order valence-electron chi connectivity index (χ1n) is 6.15. The van der Waals surface area contributed by atoms with E-state index >= 15 is 0 Å². The number of carbonyl (C=O) groups excluding carboxylic acids is 1. The summed E-state index contributed by atoms with van der Waals surface area (Å²) in [5.74, 6) is 0. The number of carbonyl (C=O) groups is 1. The summed E-state index contributed by atoms with van der Waals surface area (Å²) in [5, 5.41) is 0. The van der Waals surface area contributed by atoms with Crippen LogP contribution in [0.2, 0.25) is 0 Å². The van der Waals surface area contributed by atoms with E-state index < -0.39 is 18.3 Å². The molecule has 0 aromatic carbocycles. The van der Waals surface area contributed by atoms with Gasteiger partial charge in [0.2, 0.25) is 0 Å². The Labute approximate surface area is 118 Å². The summed E-state index contributed by atoms with van der Waals surface area (Å²) in [4.78, 5) is 16.3. The molecule has 0 unspecified atom stereocenters. The monoisotopic (exact) mass is 279 g/mol. The Morgan fingerprint density at radius 1 is 1.21 bits per heavy atom. The molecule has 0 bridgehead atoms. The van der Waals surface area contributed by atoms with Crippen molar-refractivity contribution < 1.29 is 14.1 Å². The van der Waals surface area contributed by atoms with Crippen molar-refractivity contribution in [3.63, 3.8) is 0 Å². The number of rotatable bonds is 3. The Kier molecular flexibility index (Phi) is 3.77. The predicted octanol–water partition coefficient (Wildman–Crippen LogP) is 1.92. The van der Waals surface area contributed by atoms with Crippen molar-refractivity contribution in [2.24, 2.45) is 0 Å². The van der Waals surface area contributed by atoms with E-state index in [9.17, 15) is 4.79 Å². The Balaban J connectivity index is 2.42. The highest BCUT2D eigenvalue weighted by atomic mass is 32.2. The third-order valence-corrected chi connectivity index (χ3v) is 4.59. The van der Waals surface area contributed by atoms with Crippen LogP contribution in [0.15, 0.2) is 17.3 Å². The fourth-order valence-corrected chi connectivity index (χ4v) is 2.47. The molecule has 1 aliphatic heterocycles. The standard InChI is InChI=1S/C13H18BNO3S/c1-12(2)13(3,4)18-14(17-12)10-6-15-7-11(19-5)9(10)8-16/h6-8H,1-5H3. The second kappa shape index (κ2) is 4.92. The average molecular weight is 279 g/mol. The van der Waals surface area contributed by atoms with Crippen LogP contribution < -0.4 is 5.46 Å². The van der Waals surface area contributed by atoms with Crippen molar-refractivity contribution in [1.29, 1.82) is 0 Å². The molecule has 0 atom stereocenters. The van der Waals surface area contributed by atoms with Crippen LogP contribution in [0.5, 0.6) is 0 Å². The van der Waals surface area contributed by atoms with Gasteiger partial charge in [0.25, 0.3) is 0 Å². The SMILES string of the molecule is CSc1cncc(B2OC(C)(C)C(C)(C)O2)c1C=O. The lowest BCUT2D eigenvalue weighted by Crippen LogP contribution is -2.41. The van der Waals surface area contributed by atoms with Gasteiger partial charge < -0.3 is 9.31 Å². The number of hydrogen-bond donors (Lipinski definition) is 0. The predicted molar refractivity (Wildman–Crippen MR) is 77.1 cm³/mol. The number of thioether (sulfide) groups is 1. The maximum atomic E-state index is 11.3. The molecular weight excluding hydrogens is 261 g/mol. The lowest BCUT2D eigenvalue weighted by molar-refractivity contribution is 0.00578. The van der Waals surface area contributed by atoms with E-state index in [0.29, 0.717) is 11.0 Å². The number of nitrogens with zero attached hydrogens (tertiary/aromatic N) is 1. The molecule has 4 nitrogen and oxygen atoms in total. The fourth-order valence-electron chi connectivity index (χ4n) is 1.91. The van der Waals surface area contributed by atoms with Crippen LogP contribution in [0.3, 0.4) is 0 Å². The largest absolute Gasteiger partial charge is 0.497 e. The van der Waals surface area contributed by atoms with Crippen molar-refractivity contribution in [2.75, 3.05) is 6.26 Å². The van der Waals surface area contributed by atoms with Crippen LogP contribution in [-0.2, 0) is 9.31 Å². The molecule has 1 aliphatic rings. The number of pyridine rings is 1. The molecule has 2 rings (SSSR count). The van der Waals surface area contributed by atoms with Crippen LogP contribution in [0, 0.1) is 0 Å². The van der Waals surface area contributed by atoms with E-state index in [1.807, 2.05) is 34.0 Å². The van der Waals surface area contributed by atoms with Crippen molar-refractivity contribution >= 4 is 30.6 Å². The lowest BCUT2D eigenvalue weighted by Gasteiger charge is -2.32. The van der Waals surface area contributed by atoms with Gasteiger partial charge in [0.1, 0.15) is 0 Å². The molecule has 102 valence electrons. The van der Waals surface area contributed by atoms with Crippen molar-refractivity contribution in [1.82, 2.24) is 4.98 Å². The zero-order chi connectivity index (χ0) is 14.3. The quantitative estimate of drug-likeness (QED) is 0.480. The molecule has 1 saturated heterocycles. The highest BCUT2D eigenvalue weighted by Gasteiger charge is 2.52. The van der Waals surface area contributed by atoms with Gasteiger partial charge >= 0.3 is 7.12 Å². The van der Waals surface area contributed by atoms with Crippen LogP contribution in [-0.4, -0.2) is 35.8 Å². The van der Waals surface area contributed by atoms with Gasteiger partial charge in [-0.1, -0.05) is 0 Å². The molecule has 0 spiro atoms. The Morgan fingerprint density at radius 2 is 1.79 bits per heavy atom. The average Bonchev–Trinajstić information content (AvgIpc) is 2.57. The molecule has 19 heavy (non-hydrogen) atoms. The van der Waals surface area contributed by atoms with E-state index in [-0.39, 0.29) is 0 Å². The molecule has 1 fully saturated rings. The first kappa shape index (κ1) is 14.6. The summed E-state index contributed by atoms with van der Waals surface area (Å²) < 4.78 is 11.9. The minimum Gasteiger partial charge on any atom is -0.399 e. The van der Waals surface area contributed by atoms with Crippen molar-refractivity contribution in [3.8, 4) is 0 Å². The first-order valence-corrected chi connectivity index (χ1v) is 7.37. The highest BCUT2D eigenvalue weighted by molar-refractivity contribution is 7.98. The molecule has 2 heterocycles. The van der Waals surface area contributed by atoms with Gasteiger partial charge in [0.05, 0.1) is 11.2 Å². The zero-order valence-corrected chi connectivity index (χ0v) is 12.7. The maximum absolute atomic E-state index is 11.3. The second-order valence-electron chi connectivity index (χ2n) is 5.55. The van der Waals surface area contributed by atoms with E-state index in [2.05, 4.69) is 4.98 Å². The second-order valence-corrected chi connectivity index (χ2v) is 6.40. The summed E-state index contributed by atoms with van der Waals surface area (Å²) in [6.07, 6.45) is 6.08. The van der Waals surface area contributed by atoms with Gasteiger partial charge in [-0.3, -0.25) is 9.78 Å². The molecule has 0 amide bonds. The third-order valence-electron chi connectivity index (χ3n) is 3.83. The van der Waals surface area contributed by atoms with E-state index in [1.54, 1.807) is 12.4 Å². The van der Waals surface area contributed by atoms with Gasteiger partial charge in [-0.05, 0) is 34.0 Å². The number of aldehydes is 1. The van der Waals surface area contributed by atoms with Crippen LogP contribution in [0.4, 0.5) is 0 Å². The molecule has 1 aromatic rings. The number of aromatic nitrogens is 1. The Bertz CT molecular complexity index is 489. The molecule has 1 aromatic heterocycles. The topological polar surface area (TPSA) is 48.4 Å². The first-order chi connectivity index (χ1) is 8.82. The minimum absolute atomic E-state index is 0.423. The van der Waals surface area contributed by atoms with Gasteiger partial charge in [-0.2, -0.15) is 0 Å². The highest BCUT2D eigenvalue weighted by Crippen LogP contribution is 2.36. The summed E-state index contributed by atoms with van der Waals surface area (Å²) in [6.45, 7) is 7.94. The molecule has 6 heteroatoms. The van der Waals surface area contributed by atoms with Crippen molar-refractivity contribution in [3.05, 3.63) is 18.0 Å². The van der Waals surface area contributed by atoms with Crippen molar-refractivity contribution in [2.45, 2.75) is 43.8 Å². The van der Waals surface area contributed by atoms with Crippen LogP contribution >= 0.6 is 11.8 Å². The van der Waals surface area contributed by atoms with E-state index in [0.717, 1.165) is 11.2 Å². The molecule has 0 saturated carbocycles. The van der Waals surface area contributed by atoms with E-state index in [4.69, 9.17) is 9.31 Å². The van der Waals surface area contributed by atoms with Gasteiger partial charge in [-0.25, -0.2) is 0 Å². The van der Waals surface area contributed by atoms with Crippen LogP contribution in [0.25, 0.3) is 0 Å². The molecule has 0 aliphatic carbocycles. The Hall–Kier alpha value is -0.845. The van der Waals surface area contributed by atoms with Crippen LogP contribution in [0.1, 0.15) is 38.1 Å². The molecule has 0 radical (unpaired) electrons. The summed E-state index contributed by atoms with van der Waals surface area (Å²) >= 11 is 1.49. The summed E-state index contributed by atoms with van der Waals surface area (Å²) in [7, 11) is -0.551. The minimum atomic E-state index is -0.551. The lowest BCUT2D eigenvalue weighted by atomic mass is 9.77. The van der Waals surface area contributed by atoms with Gasteiger partial charge in [0.15, 0.2) is 6.29 Å².